The molecule has 20 heavy (non-hydrogen) atoms. The molecule has 0 bridgehead atoms. The standard InChI is InChI=1S/C14H19N3O3/c1-14(8-20-7-11(14)15)13(19)17-10-6-4-3-5-9(10)12(18)16-2/h3-6,11H,7-8,15H2,1-2H3,(H,16,18)(H,17,19). The van der Waals surface area contributed by atoms with Gasteiger partial charge in [-0.05, 0) is 19.1 Å². The van der Waals surface area contributed by atoms with E-state index >= 15 is 0 Å². The quantitative estimate of drug-likeness (QED) is 0.743. The van der Waals surface area contributed by atoms with Crippen LogP contribution in [0.4, 0.5) is 5.69 Å². The summed E-state index contributed by atoms with van der Waals surface area (Å²) in [5.41, 5.74) is 6.03. The summed E-state index contributed by atoms with van der Waals surface area (Å²) in [6.07, 6.45) is 0. The maximum Gasteiger partial charge on any atom is 0.253 e. The van der Waals surface area contributed by atoms with Crippen molar-refractivity contribution < 1.29 is 14.3 Å². The van der Waals surface area contributed by atoms with Gasteiger partial charge < -0.3 is 21.1 Å². The molecule has 6 nitrogen and oxygen atoms in total. The summed E-state index contributed by atoms with van der Waals surface area (Å²) in [6.45, 7) is 2.41. The lowest BCUT2D eigenvalue weighted by Crippen LogP contribution is -2.47. The monoisotopic (exact) mass is 277 g/mol. The zero-order chi connectivity index (χ0) is 14.8. The van der Waals surface area contributed by atoms with Crippen molar-refractivity contribution in [3.8, 4) is 0 Å². The Morgan fingerprint density at radius 1 is 1.40 bits per heavy atom. The predicted octanol–water partition coefficient (Wildman–Crippen LogP) is 0.349. The first-order valence-corrected chi connectivity index (χ1v) is 6.45. The summed E-state index contributed by atoms with van der Waals surface area (Å²) in [5, 5.41) is 5.32. The van der Waals surface area contributed by atoms with E-state index in [1.54, 1.807) is 38.2 Å². The van der Waals surface area contributed by atoms with E-state index in [1.165, 1.54) is 0 Å². The average Bonchev–Trinajstić information content (AvgIpc) is 2.80. The summed E-state index contributed by atoms with van der Waals surface area (Å²) in [5.74, 6) is -0.489. The molecule has 2 amide bonds. The highest BCUT2D eigenvalue weighted by Gasteiger charge is 2.44. The van der Waals surface area contributed by atoms with Gasteiger partial charge in [-0.1, -0.05) is 12.1 Å². The number of amides is 2. The molecule has 108 valence electrons. The van der Waals surface area contributed by atoms with Crippen molar-refractivity contribution in [3.63, 3.8) is 0 Å². The molecule has 1 fully saturated rings. The van der Waals surface area contributed by atoms with Crippen molar-refractivity contribution >= 4 is 17.5 Å². The molecule has 1 heterocycles. The van der Waals surface area contributed by atoms with Crippen LogP contribution in [0.25, 0.3) is 0 Å². The van der Waals surface area contributed by atoms with Crippen LogP contribution in [0.1, 0.15) is 17.3 Å². The van der Waals surface area contributed by atoms with Crippen molar-refractivity contribution in [2.75, 3.05) is 25.6 Å². The Morgan fingerprint density at radius 3 is 2.70 bits per heavy atom. The number of carbonyl (C=O) groups excluding carboxylic acids is 2. The van der Waals surface area contributed by atoms with Gasteiger partial charge in [0.15, 0.2) is 0 Å². The van der Waals surface area contributed by atoms with E-state index in [1.807, 2.05) is 0 Å². The van der Waals surface area contributed by atoms with E-state index < -0.39 is 5.41 Å². The molecule has 1 saturated heterocycles. The first-order valence-electron chi connectivity index (χ1n) is 6.45. The highest BCUT2D eigenvalue weighted by Crippen LogP contribution is 2.29. The lowest BCUT2D eigenvalue weighted by Gasteiger charge is -2.25. The number of nitrogens with two attached hydrogens (primary N) is 1. The van der Waals surface area contributed by atoms with Crippen LogP contribution < -0.4 is 16.4 Å². The van der Waals surface area contributed by atoms with Crippen molar-refractivity contribution in [1.82, 2.24) is 5.32 Å². The van der Waals surface area contributed by atoms with Crippen molar-refractivity contribution in [3.05, 3.63) is 29.8 Å². The minimum Gasteiger partial charge on any atom is -0.379 e. The van der Waals surface area contributed by atoms with Crippen LogP contribution in [0.2, 0.25) is 0 Å². The molecule has 0 aliphatic carbocycles. The largest absolute Gasteiger partial charge is 0.379 e. The first kappa shape index (κ1) is 14.5. The van der Waals surface area contributed by atoms with Gasteiger partial charge in [-0.2, -0.15) is 0 Å². The molecule has 1 aliphatic heterocycles. The third kappa shape index (κ3) is 2.52. The lowest BCUT2D eigenvalue weighted by atomic mass is 9.84. The van der Waals surface area contributed by atoms with E-state index in [0.29, 0.717) is 17.9 Å². The normalized spacial score (nSPS) is 25.2. The maximum atomic E-state index is 12.4. The van der Waals surface area contributed by atoms with Crippen LogP contribution in [-0.2, 0) is 9.53 Å². The van der Waals surface area contributed by atoms with Crippen molar-refractivity contribution in [1.29, 1.82) is 0 Å². The summed E-state index contributed by atoms with van der Waals surface area (Å²) < 4.78 is 5.26. The first-order chi connectivity index (χ1) is 9.49. The smallest absolute Gasteiger partial charge is 0.253 e. The number of carbonyl (C=O) groups is 2. The maximum absolute atomic E-state index is 12.4. The summed E-state index contributed by atoms with van der Waals surface area (Å²) >= 11 is 0. The second-order valence-electron chi connectivity index (χ2n) is 5.12. The molecule has 1 aromatic rings. The molecule has 0 spiro atoms. The molecular weight excluding hydrogens is 258 g/mol. The van der Waals surface area contributed by atoms with Gasteiger partial charge in [0.05, 0.1) is 29.9 Å². The van der Waals surface area contributed by atoms with E-state index in [9.17, 15) is 9.59 Å². The van der Waals surface area contributed by atoms with Gasteiger partial charge in [-0.15, -0.1) is 0 Å². The fraction of sp³-hybridized carbons (Fsp3) is 0.429. The van der Waals surface area contributed by atoms with Gasteiger partial charge in [-0.25, -0.2) is 0 Å². The van der Waals surface area contributed by atoms with Gasteiger partial charge in [0.1, 0.15) is 0 Å². The second-order valence-corrected chi connectivity index (χ2v) is 5.12. The minimum absolute atomic E-state index is 0.237. The number of rotatable bonds is 3. The highest BCUT2D eigenvalue weighted by molar-refractivity contribution is 6.05. The van der Waals surface area contributed by atoms with Gasteiger partial charge in [-0.3, -0.25) is 9.59 Å². The third-order valence-electron chi connectivity index (χ3n) is 3.68. The van der Waals surface area contributed by atoms with E-state index in [0.717, 1.165) is 0 Å². The second kappa shape index (κ2) is 5.60. The molecule has 6 heteroatoms. The Hall–Kier alpha value is -1.92. The Morgan fingerprint density at radius 2 is 2.10 bits per heavy atom. The van der Waals surface area contributed by atoms with E-state index in [4.69, 9.17) is 10.5 Å². The van der Waals surface area contributed by atoms with Gasteiger partial charge in [0, 0.05) is 13.1 Å². The Bertz CT molecular complexity index is 532. The molecule has 1 aliphatic rings. The summed E-state index contributed by atoms with van der Waals surface area (Å²) in [6, 6.07) is 6.49. The predicted molar refractivity (Wildman–Crippen MR) is 75.4 cm³/mol. The number of benzene rings is 1. The topological polar surface area (TPSA) is 93.5 Å². The number of nitrogens with one attached hydrogen (secondary N) is 2. The summed E-state index contributed by atoms with van der Waals surface area (Å²) in [7, 11) is 1.54. The number of para-hydroxylation sites is 1. The van der Waals surface area contributed by atoms with Crippen LogP contribution in [0.3, 0.4) is 0 Å². The highest BCUT2D eigenvalue weighted by atomic mass is 16.5. The Labute approximate surface area is 117 Å². The third-order valence-corrected chi connectivity index (χ3v) is 3.68. The van der Waals surface area contributed by atoms with Crippen LogP contribution >= 0.6 is 0 Å². The molecule has 0 aromatic heterocycles. The molecule has 1 aromatic carbocycles. The van der Waals surface area contributed by atoms with Crippen molar-refractivity contribution in [2.24, 2.45) is 11.1 Å². The van der Waals surface area contributed by atoms with Gasteiger partial charge >= 0.3 is 0 Å². The van der Waals surface area contributed by atoms with Crippen molar-refractivity contribution in [2.45, 2.75) is 13.0 Å². The number of hydrogen-bond acceptors (Lipinski definition) is 4. The number of hydrogen-bond donors (Lipinski definition) is 3. The zero-order valence-electron chi connectivity index (χ0n) is 11.6. The Kier molecular flexibility index (Phi) is 4.06. The van der Waals surface area contributed by atoms with Crippen LogP contribution in [0.15, 0.2) is 24.3 Å². The minimum atomic E-state index is -0.782. The number of ether oxygens (including phenoxy) is 1. The number of anilines is 1. The van der Waals surface area contributed by atoms with Crippen LogP contribution in [-0.4, -0.2) is 38.1 Å². The van der Waals surface area contributed by atoms with Crippen LogP contribution in [0, 0.1) is 5.41 Å². The molecule has 2 rings (SSSR count). The fourth-order valence-corrected chi connectivity index (χ4v) is 2.11. The molecule has 4 N–H and O–H groups in total. The molecule has 0 radical (unpaired) electrons. The lowest BCUT2D eigenvalue weighted by molar-refractivity contribution is -0.125. The SMILES string of the molecule is CNC(=O)c1ccccc1NC(=O)C1(C)COCC1N. The van der Waals surface area contributed by atoms with E-state index in [2.05, 4.69) is 10.6 Å². The van der Waals surface area contributed by atoms with E-state index in [-0.39, 0.29) is 24.5 Å². The van der Waals surface area contributed by atoms with Crippen LogP contribution in [0.5, 0.6) is 0 Å². The molecule has 2 atom stereocenters. The molecule has 2 unspecified atom stereocenters. The van der Waals surface area contributed by atoms with Gasteiger partial charge in [0.25, 0.3) is 5.91 Å². The summed E-state index contributed by atoms with van der Waals surface area (Å²) in [4.78, 5) is 24.2. The molecular formula is C14H19N3O3. The fourth-order valence-electron chi connectivity index (χ4n) is 2.11. The average molecular weight is 277 g/mol. The zero-order valence-corrected chi connectivity index (χ0v) is 11.6. The molecule has 0 saturated carbocycles. The Balaban J connectivity index is 2.22. The van der Waals surface area contributed by atoms with Gasteiger partial charge in [0.2, 0.25) is 5.91 Å².